The van der Waals surface area contributed by atoms with E-state index in [1.807, 2.05) is 32.0 Å². The van der Waals surface area contributed by atoms with Gasteiger partial charge in [-0.15, -0.1) is 0 Å². The molecule has 0 fully saturated rings. The number of pyridine rings is 1. The average Bonchev–Trinajstić information content (AvgIpc) is 2.89. The summed E-state index contributed by atoms with van der Waals surface area (Å²) in [5.74, 6) is 0. The van der Waals surface area contributed by atoms with Gasteiger partial charge in [0, 0.05) is 0 Å². The molecule has 37 heavy (non-hydrogen) atoms. The Kier molecular flexibility index (Phi) is 11.4. The average molecular weight is 601 g/mol. The molecule has 2 aromatic carbocycles. The van der Waals surface area contributed by atoms with Gasteiger partial charge in [0.1, 0.15) is 0 Å². The zero-order valence-electron chi connectivity index (χ0n) is 23.6. The predicted octanol–water partition coefficient (Wildman–Crippen LogP) is 10.2. The van der Waals surface area contributed by atoms with E-state index in [0.717, 1.165) is 45.3 Å². The van der Waals surface area contributed by atoms with E-state index in [-0.39, 0.29) is 13.1 Å². The molecule has 0 aliphatic heterocycles. The Morgan fingerprint density at radius 1 is 0.595 bits per heavy atom. The summed E-state index contributed by atoms with van der Waals surface area (Å²) >= 11 is 6.89. The van der Waals surface area contributed by atoms with Gasteiger partial charge >= 0.3 is 33.3 Å². The topological polar surface area (TPSA) is 37.6 Å². The molecule has 7 heteroatoms. The van der Waals surface area contributed by atoms with Gasteiger partial charge in [-0.2, -0.15) is 0 Å². The molecule has 3 nitrogen and oxygen atoms in total. The fourth-order valence-electron chi connectivity index (χ4n) is 4.32. The van der Waals surface area contributed by atoms with Crippen LogP contribution in [0.5, 0.6) is 0 Å². The van der Waals surface area contributed by atoms with E-state index in [9.17, 15) is 0 Å². The molecule has 0 unspecified atom stereocenters. The standard InChI is InChI=1S/C30H36ClN3.2ClH.Fe/c1-15-17(3)21(7)29(22(8)18(15)4)32-24(10)26-13-12-14-27(34-26)25(11)33-30-23(9)19(5)16(2)20(6)28(30)31;;;/h12-14H,1-11H3;2*1H;/q;;;+2/p-2. The van der Waals surface area contributed by atoms with Crippen molar-refractivity contribution >= 4 is 54.6 Å². The fourth-order valence-corrected chi connectivity index (χ4v) is 4.64. The summed E-state index contributed by atoms with van der Waals surface area (Å²) in [7, 11) is 9.53. The zero-order chi connectivity index (χ0) is 28.2. The van der Waals surface area contributed by atoms with Crippen LogP contribution in [0, 0.1) is 62.3 Å². The summed E-state index contributed by atoms with van der Waals surface area (Å²) in [6.07, 6.45) is 0. The number of aliphatic imine (C=N–C) groups is 2. The maximum absolute atomic E-state index is 6.70. The third-order valence-corrected chi connectivity index (χ3v) is 8.05. The first-order chi connectivity index (χ1) is 17.3. The summed E-state index contributed by atoms with van der Waals surface area (Å²) in [6.45, 7) is 23.2. The van der Waals surface area contributed by atoms with Crippen LogP contribution < -0.4 is 0 Å². The molecule has 0 saturated carbocycles. The van der Waals surface area contributed by atoms with Gasteiger partial charge in [0.05, 0.1) is 39.2 Å². The van der Waals surface area contributed by atoms with Crippen LogP contribution in [-0.4, -0.2) is 16.4 Å². The van der Waals surface area contributed by atoms with Crippen molar-refractivity contribution in [1.29, 1.82) is 0 Å². The summed E-state index contributed by atoms with van der Waals surface area (Å²) in [6, 6.07) is 6.01. The second-order valence-electron chi connectivity index (χ2n) is 9.49. The third kappa shape index (κ3) is 6.85. The van der Waals surface area contributed by atoms with Crippen molar-refractivity contribution in [1.82, 2.24) is 4.98 Å². The van der Waals surface area contributed by atoms with Crippen molar-refractivity contribution in [3.63, 3.8) is 0 Å². The number of benzene rings is 2. The molecule has 0 saturated heterocycles. The van der Waals surface area contributed by atoms with Crippen molar-refractivity contribution < 1.29 is 13.1 Å². The van der Waals surface area contributed by atoms with E-state index < -0.39 is 0 Å². The van der Waals surface area contributed by atoms with Crippen LogP contribution >= 0.6 is 31.8 Å². The molecular weight excluding hydrogens is 565 g/mol. The van der Waals surface area contributed by atoms with Crippen LogP contribution in [0.4, 0.5) is 11.4 Å². The molecule has 200 valence electrons. The van der Waals surface area contributed by atoms with Crippen LogP contribution in [0.25, 0.3) is 0 Å². The van der Waals surface area contributed by atoms with E-state index in [0.29, 0.717) is 5.02 Å². The first-order valence-corrected chi connectivity index (χ1v) is 15.5. The summed E-state index contributed by atoms with van der Waals surface area (Å²) in [5, 5.41) is 0.713. The zero-order valence-corrected chi connectivity index (χ0v) is 26.9. The number of aromatic nitrogens is 1. The van der Waals surface area contributed by atoms with E-state index in [2.05, 4.69) is 62.3 Å². The van der Waals surface area contributed by atoms with Gasteiger partial charge < -0.3 is 0 Å². The van der Waals surface area contributed by atoms with Gasteiger partial charge in [-0.25, -0.2) is 9.98 Å². The molecule has 1 heterocycles. The van der Waals surface area contributed by atoms with E-state index in [1.54, 1.807) is 0 Å². The third-order valence-electron chi connectivity index (χ3n) is 7.59. The Bertz CT molecular complexity index is 1230. The molecule has 0 radical (unpaired) electrons. The Balaban J connectivity index is 0.00000153. The first kappa shape index (κ1) is 31.5. The van der Waals surface area contributed by atoms with Crippen LogP contribution in [-0.2, 0) is 13.1 Å². The molecule has 0 N–H and O–H groups in total. The Hall–Kier alpha value is -1.68. The minimum atomic E-state index is 0.194. The van der Waals surface area contributed by atoms with Gasteiger partial charge in [-0.05, 0) is 138 Å². The van der Waals surface area contributed by atoms with Crippen LogP contribution in [0.2, 0.25) is 5.02 Å². The number of nitrogens with zero attached hydrogens (tertiary/aromatic N) is 3. The van der Waals surface area contributed by atoms with Gasteiger partial charge in [-0.3, -0.25) is 4.99 Å². The normalized spacial score (nSPS) is 12.1. The minimum absolute atomic E-state index is 0.194. The fraction of sp³-hybridized carbons (Fsp3) is 0.367. The van der Waals surface area contributed by atoms with Gasteiger partial charge in [0.15, 0.2) is 0 Å². The summed E-state index contributed by atoms with van der Waals surface area (Å²) in [4.78, 5) is 14.9. The van der Waals surface area contributed by atoms with Gasteiger partial charge in [-0.1, -0.05) is 17.7 Å². The SMILES string of the molecule is CC(=Nc1c(C)c(C)c(C)c(C)c1C)c1cccc(C(C)=Nc2c(C)c(C)c(C)c(C)c2Cl)n1.[Cl][Fe][Cl]. The second-order valence-corrected chi connectivity index (χ2v) is 11.7. The number of halogens is 3. The molecule has 3 rings (SSSR count). The Labute approximate surface area is 242 Å². The molecule has 0 amide bonds. The Morgan fingerprint density at radius 2 is 0.919 bits per heavy atom. The molecule has 3 aromatic rings. The van der Waals surface area contributed by atoms with E-state index >= 15 is 0 Å². The van der Waals surface area contributed by atoms with E-state index in [4.69, 9.17) is 46.8 Å². The van der Waals surface area contributed by atoms with Crippen molar-refractivity contribution in [2.45, 2.75) is 76.2 Å². The first-order valence-electron chi connectivity index (χ1n) is 12.0. The quantitative estimate of drug-likeness (QED) is 0.217. The van der Waals surface area contributed by atoms with Crippen LogP contribution in [0.3, 0.4) is 0 Å². The maximum atomic E-state index is 6.70. The number of hydrogen-bond donors (Lipinski definition) is 0. The molecule has 0 bridgehead atoms. The molecule has 0 aliphatic carbocycles. The monoisotopic (exact) mass is 599 g/mol. The van der Waals surface area contributed by atoms with Crippen molar-refractivity contribution in [2.75, 3.05) is 0 Å². The molecule has 0 aliphatic rings. The van der Waals surface area contributed by atoms with E-state index in [1.165, 1.54) is 38.9 Å². The van der Waals surface area contributed by atoms with Gasteiger partial charge in [0.25, 0.3) is 0 Å². The summed E-state index contributed by atoms with van der Waals surface area (Å²) in [5.41, 5.74) is 16.3. The predicted molar refractivity (Wildman–Crippen MR) is 160 cm³/mol. The summed E-state index contributed by atoms with van der Waals surface area (Å²) < 4.78 is 0. The van der Waals surface area contributed by atoms with Crippen molar-refractivity contribution in [3.05, 3.63) is 84.7 Å². The van der Waals surface area contributed by atoms with Crippen LogP contribution in [0.1, 0.15) is 75.3 Å². The van der Waals surface area contributed by atoms with Crippen molar-refractivity contribution in [3.8, 4) is 0 Å². The number of rotatable bonds is 4. The van der Waals surface area contributed by atoms with Crippen molar-refractivity contribution in [2.24, 2.45) is 9.98 Å². The molecule has 0 atom stereocenters. The Morgan fingerprint density at radius 3 is 1.35 bits per heavy atom. The second kappa shape index (κ2) is 13.4. The molecule has 1 aromatic heterocycles. The van der Waals surface area contributed by atoms with Crippen LogP contribution in [0.15, 0.2) is 28.2 Å². The molecular formula is C30H36Cl3FeN3. The molecule has 0 spiro atoms. The number of hydrogen-bond acceptors (Lipinski definition) is 3. The van der Waals surface area contributed by atoms with Gasteiger partial charge in [0.2, 0.25) is 0 Å².